The maximum atomic E-state index is 12.9. The molecule has 3 aromatic rings. The number of hydrogen-bond acceptors (Lipinski definition) is 4. The zero-order valence-corrected chi connectivity index (χ0v) is 15.5. The molecule has 2 N–H and O–H groups in total. The molecule has 29 heavy (non-hydrogen) atoms. The summed E-state index contributed by atoms with van der Waals surface area (Å²) in [6, 6.07) is 15.7. The lowest BCUT2D eigenvalue weighted by Gasteiger charge is -2.36. The molecule has 7 nitrogen and oxygen atoms in total. The van der Waals surface area contributed by atoms with Gasteiger partial charge in [0.15, 0.2) is 0 Å². The number of H-pyrrole nitrogens is 1. The van der Waals surface area contributed by atoms with Crippen LogP contribution in [0.4, 0.5) is 5.69 Å². The number of carbonyl (C=O) groups is 3. The number of amides is 3. The number of aromatic amines is 1. The highest BCUT2D eigenvalue weighted by molar-refractivity contribution is 6.42. The van der Waals surface area contributed by atoms with E-state index in [1.807, 2.05) is 60.8 Å². The van der Waals surface area contributed by atoms with Crippen LogP contribution in [-0.4, -0.2) is 45.7 Å². The van der Waals surface area contributed by atoms with Gasteiger partial charge in [-0.05, 0) is 29.3 Å². The van der Waals surface area contributed by atoms with Crippen molar-refractivity contribution in [3.8, 4) is 0 Å². The second kappa shape index (κ2) is 5.14. The van der Waals surface area contributed by atoms with Gasteiger partial charge in [-0.15, -0.1) is 0 Å². The van der Waals surface area contributed by atoms with Gasteiger partial charge in [0.05, 0.1) is 5.41 Å². The largest absolute Gasteiger partial charge is 0.363 e. The molecule has 7 heteroatoms. The van der Waals surface area contributed by atoms with Crippen molar-refractivity contribution in [2.45, 2.75) is 11.6 Å². The highest BCUT2D eigenvalue weighted by Gasteiger charge is 2.61. The number of benzene rings is 2. The van der Waals surface area contributed by atoms with E-state index in [1.165, 1.54) is 11.9 Å². The zero-order valence-electron chi connectivity index (χ0n) is 15.5. The molecule has 2 aromatic carbocycles. The number of anilines is 1. The average molecular weight is 384 g/mol. The molecule has 2 atom stereocenters. The van der Waals surface area contributed by atoms with E-state index in [0.717, 1.165) is 32.6 Å². The maximum absolute atomic E-state index is 12.9. The topological polar surface area (TPSA) is 85.5 Å². The van der Waals surface area contributed by atoms with Crippen molar-refractivity contribution in [1.82, 2.24) is 14.8 Å². The van der Waals surface area contributed by atoms with Gasteiger partial charge in [-0.3, -0.25) is 24.2 Å². The summed E-state index contributed by atoms with van der Waals surface area (Å²) in [5.74, 6) is -1.99. The molecule has 0 saturated carbocycles. The Balaban J connectivity index is 1.69. The molecule has 0 bridgehead atoms. The van der Waals surface area contributed by atoms with Gasteiger partial charge >= 0.3 is 11.8 Å². The first kappa shape index (κ1) is 16.1. The van der Waals surface area contributed by atoms with Crippen LogP contribution in [0.1, 0.15) is 11.1 Å². The molecule has 142 valence electrons. The van der Waals surface area contributed by atoms with Crippen LogP contribution in [-0.2, 0) is 19.8 Å². The summed E-state index contributed by atoms with van der Waals surface area (Å²) in [4.78, 5) is 43.7. The molecule has 6 rings (SSSR count). The van der Waals surface area contributed by atoms with Crippen molar-refractivity contribution < 1.29 is 14.4 Å². The number of fused-ring (bicyclic) bond motifs is 6. The Labute approximate surface area is 165 Å². The van der Waals surface area contributed by atoms with Gasteiger partial charge in [-0.2, -0.15) is 0 Å². The summed E-state index contributed by atoms with van der Waals surface area (Å²) >= 11 is 0. The van der Waals surface area contributed by atoms with Gasteiger partial charge in [0.2, 0.25) is 0 Å². The van der Waals surface area contributed by atoms with E-state index >= 15 is 0 Å². The van der Waals surface area contributed by atoms with E-state index in [9.17, 15) is 14.4 Å². The molecule has 1 saturated heterocycles. The SMILES string of the molecule is CN1C(=O)C(=O)N2C(=C[C@@]3(c4c[nH]c5ccccc45)c4ccccc4N[C@@H]23)C1=O. The Kier molecular flexibility index (Phi) is 2.86. The van der Waals surface area contributed by atoms with Crippen LogP contribution < -0.4 is 5.32 Å². The number of piperazine rings is 1. The summed E-state index contributed by atoms with van der Waals surface area (Å²) in [6.07, 6.45) is 3.18. The second-order valence-electron chi connectivity index (χ2n) is 7.58. The molecule has 1 fully saturated rings. The van der Waals surface area contributed by atoms with E-state index in [2.05, 4.69) is 10.3 Å². The van der Waals surface area contributed by atoms with Crippen molar-refractivity contribution in [3.05, 3.63) is 77.6 Å². The Morgan fingerprint density at radius 1 is 0.897 bits per heavy atom. The summed E-state index contributed by atoms with van der Waals surface area (Å²) in [7, 11) is 1.34. The van der Waals surface area contributed by atoms with Crippen molar-refractivity contribution in [3.63, 3.8) is 0 Å². The van der Waals surface area contributed by atoms with Crippen molar-refractivity contribution in [1.29, 1.82) is 0 Å². The van der Waals surface area contributed by atoms with Crippen LogP contribution >= 0.6 is 0 Å². The van der Waals surface area contributed by atoms with E-state index in [1.54, 1.807) is 0 Å². The first-order valence-corrected chi connectivity index (χ1v) is 9.35. The lowest BCUT2D eigenvalue weighted by Crippen LogP contribution is -2.58. The van der Waals surface area contributed by atoms with Gasteiger partial charge in [0.1, 0.15) is 11.9 Å². The number of para-hydroxylation sites is 2. The zero-order chi connectivity index (χ0) is 19.9. The smallest absolute Gasteiger partial charge is 0.319 e. The summed E-state index contributed by atoms with van der Waals surface area (Å²) in [5.41, 5.74) is 3.20. The standard InChI is InChI=1S/C22H16N4O3/c1-25-18(27)17-10-22(14-11-23-15-8-4-2-6-12(14)15)13-7-3-5-9-16(13)24-21(22)26(17)20(29)19(25)28/h2-11,21,23-24H,1H3/t21-,22-/m0/s1. The lowest BCUT2D eigenvalue weighted by atomic mass is 9.74. The van der Waals surface area contributed by atoms with E-state index < -0.39 is 29.3 Å². The summed E-state index contributed by atoms with van der Waals surface area (Å²) < 4.78 is 0. The fourth-order valence-electron chi connectivity index (χ4n) is 4.91. The number of nitrogens with one attached hydrogen (secondary N) is 2. The molecule has 3 amide bonds. The monoisotopic (exact) mass is 384 g/mol. The molecule has 4 heterocycles. The number of carbonyl (C=O) groups excluding carboxylic acids is 3. The third-order valence-electron chi connectivity index (χ3n) is 6.24. The predicted molar refractivity (Wildman–Crippen MR) is 106 cm³/mol. The quantitative estimate of drug-likeness (QED) is 0.496. The third-order valence-corrected chi connectivity index (χ3v) is 6.24. The lowest BCUT2D eigenvalue weighted by molar-refractivity contribution is -0.159. The highest BCUT2D eigenvalue weighted by atomic mass is 16.2. The van der Waals surface area contributed by atoms with Crippen LogP contribution in [0.15, 0.2) is 66.5 Å². The van der Waals surface area contributed by atoms with Crippen LogP contribution in [0.2, 0.25) is 0 Å². The van der Waals surface area contributed by atoms with Gasteiger partial charge in [0, 0.05) is 29.8 Å². The summed E-state index contributed by atoms with van der Waals surface area (Å²) in [5, 5.41) is 4.40. The molecule has 1 aromatic heterocycles. The van der Waals surface area contributed by atoms with Crippen LogP contribution in [0.5, 0.6) is 0 Å². The maximum Gasteiger partial charge on any atom is 0.319 e. The molecule has 0 radical (unpaired) electrons. The molecule has 0 aliphatic carbocycles. The molecule has 3 aliphatic heterocycles. The van der Waals surface area contributed by atoms with Gasteiger partial charge < -0.3 is 10.3 Å². The first-order valence-electron chi connectivity index (χ1n) is 9.35. The van der Waals surface area contributed by atoms with Gasteiger partial charge in [0.25, 0.3) is 5.91 Å². The Morgan fingerprint density at radius 3 is 2.52 bits per heavy atom. The van der Waals surface area contributed by atoms with Crippen LogP contribution in [0, 0.1) is 0 Å². The fourth-order valence-corrected chi connectivity index (χ4v) is 4.91. The summed E-state index contributed by atoms with van der Waals surface area (Å²) in [6.45, 7) is 0. The van der Waals surface area contributed by atoms with Crippen LogP contribution in [0.3, 0.4) is 0 Å². The highest BCUT2D eigenvalue weighted by Crippen LogP contribution is 2.54. The molecular weight excluding hydrogens is 368 g/mol. The predicted octanol–water partition coefficient (Wildman–Crippen LogP) is 1.93. The molecular formula is C22H16N4O3. The number of rotatable bonds is 1. The molecule has 3 aliphatic rings. The minimum atomic E-state index is -0.820. The average Bonchev–Trinajstić information content (AvgIpc) is 3.39. The number of aromatic nitrogens is 1. The minimum absolute atomic E-state index is 0.231. The normalized spacial score (nSPS) is 25.1. The van der Waals surface area contributed by atoms with Crippen LogP contribution in [0.25, 0.3) is 10.9 Å². The van der Waals surface area contributed by atoms with E-state index in [4.69, 9.17) is 0 Å². The Hall–Kier alpha value is -3.87. The van der Waals surface area contributed by atoms with Crippen molar-refractivity contribution >= 4 is 34.3 Å². The molecule has 0 spiro atoms. The van der Waals surface area contributed by atoms with E-state index in [-0.39, 0.29) is 5.70 Å². The Morgan fingerprint density at radius 2 is 1.66 bits per heavy atom. The van der Waals surface area contributed by atoms with Crippen molar-refractivity contribution in [2.75, 3.05) is 12.4 Å². The number of nitrogens with zero attached hydrogens (tertiary/aromatic N) is 2. The number of hydrogen-bond donors (Lipinski definition) is 2. The number of imide groups is 1. The van der Waals surface area contributed by atoms with Gasteiger partial charge in [-0.1, -0.05) is 36.4 Å². The molecule has 0 unspecified atom stereocenters. The third kappa shape index (κ3) is 1.75. The number of likely N-dealkylation sites (N-methyl/N-ethyl adjacent to an activating group) is 1. The minimum Gasteiger partial charge on any atom is -0.363 e. The fraction of sp³-hybridized carbons (Fsp3) is 0.136. The van der Waals surface area contributed by atoms with E-state index in [0.29, 0.717) is 0 Å². The second-order valence-corrected chi connectivity index (χ2v) is 7.58. The van der Waals surface area contributed by atoms with Gasteiger partial charge in [-0.25, -0.2) is 0 Å². The first-order chi connectivity index (χ1) is 14.0. The Bertz CT molecular complexity index is 1290. The van der Waals surface area contributed by atoms with Crippen molar-refractivity contribution in [2.24, 2.45) is 0 Å².